The fourth-order valence-corrected chi connectivity index (χ4v) is 3.21. The minimum Gasteiger partial charge on any atom is -0.454 e. The molecule has 120 valence electrons. The van der Waals surface area contributed by atoms with Crippen molar-refractivity contribution in [3.05, 3.63) is 46.0 Å². The number of hydrogen-bond donors (Lipinski definition) is 2. The molecule has 3 aromatic rings. The van der Waals surface area contributed by atoms with Gasteiger partial charge in [0.1, 0.15) is 12.1 Å². The highest BCUT2D eigenvalue weighted by Gasteiger charge is 2.32. The Morgan fingerprint density at radius 3 is 3.00 bits per heavy atom. The van der Waals surface area contributed by atoms with Crippen molar-refractivity contribution < 1.29 is 14.3 Å². The molecule has 24 heavy (non-hydrogen) atoms. The molecule has 2 N–H and O–H groups in total. The summed E-state index contributed by atoms with van der Waals surface area (Å²) in [4.78, 5) is 31.4. The first-order chi connectivity index (χ1) is 11.7. The standard InChI is InChI=1S/C15H11N5O4/c21-11-4-8(7-1-2-9-10(3-7)24-6-23-9)12-13(18-11)20-15(16-5-17-20)19-14(12)22/h1-3,5,8H,4,6H2,(H,18,21)(H,16,17,19,22)/t8-/m0/s1. The number of hydrogen-bond acceptors (Lipinski definition) is 6. The molecule has 0 spiro atoms. The molecule has 0 unspecified atom stereocenters. The summed E-state index contributed by atoms with van der Waals surface area (Å²) < 4.78 is 12.1. The van der Waals surface area contributed by atoms with Crippen molar-refractivity contribution in [1.82, 2.24) is 19.6 Å². The lowest BCUT2D eigenvalue weighted by molar-refractivity contribution is -0.116. The number of aromatic nitrogens is 4. The fraction of sp³-hybridized carbons (Fsp3) is 0.200. The van der Waals surface area contributed by atoms with Gasteiger partial charge in [-0.05, 0) is 17.7 Å². The molecule has 1 atom stereocenters. The number of carbonyl (C=O) groups excluding carboxylic acids is 1. The number of nitrogens with one attached hydrogen (secondary N) is 2. The lowest BCUT2D eigenvalue weighted by Gasteiger charge is -2.25. The van der Waals surface area contributed by atoms with Crippen LogP contribution in [-0.2, 0) is 4.79 Å². The Balaban J connectivity index is 1.74. The molecule has 5 rings (SSSR count). The normalized spacial score (nSPS) is 18.5. The zero-order valence-corrected chi connectivity index (χ0v) is 12.3. The van der Waals surface area contributed by atoms with E-state index in [0.717, 1.165) is 5.56 Å². The first kappa shape index (κ1) is 13.1. The molecule has 4 heterocycles. The van der Waals surface area contributed by atoms with E-state index in [1.807, 2.05) is 6.07 Å². The van der Waals surface area contributed by atoms with E-state index in [0.29, 0.717) is 22.9 Å². The van der Waals surface area contributed by atoms with E-state index >= 15 is 0 Å². The number of nitrogens with zero attached hydrogens (tertiary/aromatic N) is 3. The van der Waals surface area contributed by atoms with Crippen LogP contribution in [0.3, 0.4) is 0 Å². The second-order valence-corrected chi connectivity index (χ2v) is 5.63. The number of H-pyrrole nitrogens is 1. The van der Waals surface area contributed by atoms with Gasteiger partial charge in [-0.1, -0.05) is 6.07 Å². The molecule has 9 heteroatoms. The van der Waals surface area contributed by atoms with Crippen LogP contribution in [0.25, 0.3) is 5.78 Å². The van der Waals surface area contributed by atoms with Crippen LogP contribution in [0.5, 0.6) is 11.5 Å². The molecule has 0 bridgehead atoms. The van der Waals surface area contributed by atoms with Gasteiger partial charge in [0.05, 0.1) is 5.56 Å². The molecule has 2 aromatic heterocycles. The number of amides is 1. The van der Waals surface area contributed by atoms with Crippen LogP contribution < -0.4 is 20.3 Å². The predicted octanol–water partition coefficient (Wildman–Crippen LogP) is 0.620. The molecule has 2 aliphatic rings. The van der Waals surface area contributed by atoms with Crippen molar-refractivity contribution in [2.45, 2.75) is 12.3 Å². The number of benzene rings is 1. The number of rotatable bonds is 1. The van der Waals surface area contributed by atoms with Crippen LogP contribution in [0.1, 0.15) is 23.5 Å². The van der Waals surface area contributed by atoms with Gasteiger partial charge in [-0.25, -0.2) is 0 Å². The van der Waals surface area contributed by atoms with E-state index in [2.05, 4.69) is 20.4 Å². The van der Waals surface area contributed by atoms with Crippen LogP contribution in [0, 0.1) is 0 Å². The number of carbonyl (C=O) groups is 1. The highest BCUT2D eigenvalue weighted by molar-refractivity contribution is 5.94. The first-order valence-corrected chi connectivity index (χ1v) is 7.36. The van der Waals surface area contributed by atoms with E-state index in [-0.39, 0.29) is 30.5 Å². The maximum Gasteiger partial charge on any atom is 0.258 e. The van der Waals surface area contributed by atoms with Crippen molar-refractivity contribution in [2.24, 2.45) is 0 Å². The molecule has 0 fully saturated rings. The summed E-state index contributed by atoms with van der Waals surface area (Å²) >= 11 is 0. The molecule has 0 saturated carbocycles. The molecule has 0 saturated heterocycles. The maximum absolute atomic E-state index is 12.6. The number of fused-ring (bicyclic) bond motifs is 4. The Morgan fingerprint density at radius 2 is 2.08 bits per heavy atom. The Hall–Kier alpha value is -3.36. The Kier molecular flexibility index (Phi) is 2.50. The van der Waals surface area contributed by atoms with Gasteiger partial charge in [-0.3, -0.25) is 14.6 Å². The summed E-state index contributed by atoms with van der Waals surface area (Å²) in [7, 11) is 0. The summed E-state index contributed by atoms with van der Waals surface area (Å²) in [5, 5.41) is 6.80. The predicted molar refractivity (Wildman–Crippen MR) is 81.3 cm³/mol. The fourth-order valence-electron chi connectivity index (χ4n) is 3.21. The van der Waals surface area contributed by atoms with Crippen molar-refractivity contribution in [2.75, 3.05) is 12.1 Å². The minimum atomic E-state index is -0.402. The monoisotopic (exact) mass is 325 g/mol. The van der Waals surface area contributed by atoms with Gasteiger partial charge < -0.3 is 14.8 Å². The summed E-state index contributed by atoms with van der Waals surface area (Å²) in [6.45, 7) is 0.167. The third-order valence-corrected chi connectivity index (χ3v) is 4.28. The molecule has 0 aliphatic carbocycles. The quantitative estimate of drug-likeness (QED) is 0.678. The molecule has 1 amide bonds. The summed E-state index contributed by atoms with van der Waals surface area (Å²) in [5.74, 6) is 1.31. The van der Waals surface area contributed by atoms with Gasteiger partial charge in [0.15, 0.2) is 11.5 Å². The maximum atomic E-state index is 12.6. The largest absolute Gasteiger partial charge is 0.454 e. The number of aromatic amines is 1. The van der Waals surface area contributed by atoms with Gasteiger partial charge in [0.25, 0.3) is 5.56 Å². The van der Waals surface area contributed by atoms with Crippen LogP contribution in [-0.4, -0.2) is 32.3 Å². The van der Waals surface area contributed by atoms with E-state index in [4.69, 9.17) is 9.47 Å². The molecule has 9 nitrogen and oxygen atoms in total. The van der Waals surface area contributed by atoms with Crippen molar-refractivity contribution >= 4 is 17.5 Å². The van der Waals surface area contributed by atoms with Gasteiger partial charge in [0.2, 0.25) is 18.5 Å². The lowest BCUT2D eigenvalue weighted by Crippen LogP contribution is -2.32. The zero-order valence-electron chi connectivity index (χ0n) is 12.3. The van der Waals surface area contributed by atoms with Crippen LogP contribution >= 0.6 is 0 Å². The van der Waals surface area contributed by atoms with Crippen molar-refractivity contribution in [3.63, 3.8) is 0 Å². The molecular formula is C15H11N5O4. The van der Waals surface area contributed by atoms with E-state index in [1.165, 1.54) is 10.8 Å². The third kappa shape index (κ3) is 1.75. The highest BCUT2D eigenvalue weighted by atomic mass is 16.7. The lowest BCUT2D eigenvalue weighted by atomic mass is 9.86. The van der Waals surface area contributed by atoms with Gasteiger partial charge in [0, 0.05) is 12.3 Å². The van der Waals surface area contributed by atoms with Crippen molar-refractivity contribution in [1.29, 1.82) is 0 Å². The van der Waals surface area contributed by atoms with Crippen molar-refractivity contribution in [3.8, 4) is 11.5 Å². The summed E-state index contributed by atoms with van der Waals surface area (Å²) in [6.07, 6.45) is 1.48. The van der Waals surface area contributed by atoms with Gasteiger partial charge in [-0.15, -0.1) is 0 Å². The Bertz CT molecular complexity index is 1050. The molecular weight excluding hydrogens is 314 g/mol. The molecule has 0 radical (unpaired) electrons. The van der Waals surface area contributed by atoms with Crippen LogP contribution in [0.15, 0.2) is 29.3 Å². The van der Waals surface area contributed by atoms with E-state index in [1.54, 1.807) is 12.1 Å². The highest BCUT2D eigenvalue weighted by Crippen LogP contribution is 2.39. The Labute approximate surface area is 134 Å². The molecule has 1 aromatic carbocycles. The zero-order chi connectivity index (χ0) is 16.3. The summed E-state index contributed by atoms with van der Waals surface area (Å²) in [5.41, 5.74) is 0.958. The topological polar surface area (TPSA) is 111 Å². The van der Waals surface area contributed by atoms with Gasteiger partial charge in [-0.2, -0.15) is 14.6 Å². The Morgan fingerprint density at radius 1 is 1.21 bits per heavy atom. The second-order valence-electron chi connectivity index (χ2n) is 5.63. The SMILES string of the molecule is O=C1C[C@@H](c2ccc3c(c2)OCO3)c2c(n3ncnc3[nH]c2=O)N1. The minimum absolute atomic E-state index is 0.163. The average molecular weight is 325 g/mol. The smallest absolute Gasteiger partial charge is 0.258 e. The van der Waals surface area contributed by atoms with Crippen LogP contribution in [0.4, 0.5) is 5.82 Å². The first-order valence-electron chi connectivity index (χ1n) is 7.36. The van der Waals surface area contributed by atoms with Crippen LogP contribution in [0.2, 0.25) is 0 Å². The molecule has 2 aliphatic heterocycles. The third-order valence-electron chi connectivity index (χ3n) is 4.28. The van der Waals surface area contributed by atoms with E-state index < -0.39 is 5.92 Å². The number of anilines is 1. The summed E-state index contributed by atoms with van der Waals surface area (Å²) in [6, 6.07) is 5.43. The van der Waals surface area contributed by atoms with E-state index in [9.17, 15) is 9.59 Å². The number of ether oxygens (including phenoxy) is 2. The second kappa shape index (κ2) is 4.57. The average Bonchev–Trinajstić information content (AvgIpc) is 3.21. The van der Waals surface area contributed by atoms with Gasteiger partial charge >= 0.3 is 0 Å².